The molecule has 40 heavy (non-hydrogen) atoms. The topological polar surface area (TPSA) is 143 Å². The number of Topliss-reactive ketones (excluding diaryl/α,β-unsaturated/α-hetero) is 1. The molecule has 0 unspecified atom stereocenters. The average Bonchev–Trinajstić information content (AvgIpc) is 3.61. The number of halogens is 2. The van der Waals surface area contributed by atoms with Crippen molar-refractivity contribution in [2.75, 3.05) is 20.1 Å². The summed E-state index contributed by atoms with van der Waals surface area (Å²) in [6, 6.07) is 6.22. The smallest absolute Gasteiger partial charge is 0.247 e. The second kappa shape index (κ2) is 9.84. The molecular formula is C26H31F2N5O5S2. The van der Waals surface area contributed by atoms with Gasteiger partial charge in [0, 0.05) is 32.1 Å². The summed E-state index contributed by atoms with van der Waals surface area (Å²) < 4.78 is 84.1. The number of aliphatic imine (C=N–C) groups is 1. The normalized spacial score (nSPS) is 27.3. The van der Waals surface area contributed by atoms with E-state index in [4.69, 9.17) is 5.73 Å². The average molecular weight is 596 g/mol. The zero-order valence-corrected chi connectivity index (χ0v) is 23.8. The SMILES string of the molecule is CN1C(N)=N[C@](C)(c2cc(CC(=O)c3ccc(F)cn3)ccc2F)[C@]2(CCN(S(=O)(=O)C3CCCC3)C2)S1(=O)=O. The largest absolute Gasteiger partial charge is 0.369 e. The van der Waals surface area contributed by atoms with Gasteiger partial charge in [-0.1, -0.05) is 18.9 Å². The Bertz CT molecular complexity index is 1590. The van der Waals surface area contributed by atoms with Gasteiger partial charge in [-0.3, -0.25) is 9.78 Å². The first-order chi connectivity index (χ1) is 18.7. The van der Waals surface area contributed by atoms with Crippen molar-refractivity contribution in [2.24, 2.45) is 10.7 Å². The Labute approximate surface area is 232 Å². The molecule has 1 spiro atoms. The van der Waals surface area contributed by atoms with Gasteiger partial charge in [-0.15, -0.1) is 0 Å². The van der Waals surface area contributed by atoms with Crippen LogP contribution in [-0.4, -0.2) is 72.3 Å². The molecule has 2 fully saturated rings. The third-order valence-electron chi connectivity index (χ3n) is 8.62. The maximum Gasteiger partial charge on any atom is 0.247 e. The van der Waals surface area contributed by atoms with E-state index in [1.807, 2.05) is 0 Å². The van der Waals surface area contributed by atoms with Crippen LogP contribution >= 0.6 is 0 Å². The molecule has 1 saturated carbocycles. The maximum atomic E-state index is 15.6. The fourth-order valence-electron chi connectivity index (χ4n) is 6.19. The van der Waals surface area contributed by atoms with Gasteiger partial charge in [0.05, 0.1) is 11.4 Å². The monoisotopic (exact) mass is 595 g/mol. The zero-order chi connectivity index (χ0) is 29.1. The Morgan fingerprint density at radius 1 is 1.18 bits per heavy atom. The van der Waals surface area contributed by atoms with Gasteiger partial charge in [0.15, 0.2) is 5.78 Å². The van der Waals surface area contributed by atoms with Gasteiger partial charge in [0.2, 0.25) is 26.0 Å². The molecule has 216 valence electrons. The fourth-order valence-corrected chi connectivity index (χ4v) is 10.5. The quantitative estimate of drug-likeness (QED) is 0.505. The zero-order valence-electron chi connectivity index (χ0n) is 22.2. The Morgan fingerprint density at radius 2 is 1.88 bits per heavy atom. The lowest BCUT2D eigenvalue weighted by Gasteiger charge is -2.48. The fraction of sp³-hybridized carbons (Fsp3) is 0.500. The van der Waals surface area contributed by atoms with Gasteiger partial charge in [-0.2, -0.15) is 4.31 Å². The van der Waals surface area contributed by atoms with Crippen LogP contribution < -0.4 is 5.73 Å². The molecular weight excluding hydrogens is 564 g/mol. The molecule has 10 nitrogen and oxygen atoms in total. The highest BCUT2D eigenvalue weighted by molar-refractivity contribution is 7.91. The number of pyridine rings is 1. The van der Waals surface area contributed by atoms with Crippen LogP contribution in [0.2, 0.25) is 0 Å². The second-order valence-corrected chi connectivity index (χ2v) is 15.3. The molecule has 0 radical (unpaired) electrons. The molecule has 1 saturated heterocycles. The van der Waals surface area contributed by atoms with Crippen molar-refractivity contribution in [3.8, 4) is 0 Å². The van der Waals surface area contributed by atoms with Gasteiger partial charge in [0.25, 0.3) is 0 Å². The molecule has 2 aliphatic heterocycles. The number of nitrogens with two attached hydrogens (primary N) is 1. The van der Waals surface area contributed by atoms with Crippen LogP contribution in [0, 0.1) is 11.6 Å². The van der Waals surface area contributed by atoms with E-state index >= 15 is 4.39 Å². The van der Waals surface area contributed by atoms with E-state index in [0.717, 1.165) is 35.5 Å². The Morgan fingerprint density at radius 3 is 2.52 bits per heavy atom. The number of benzene rings is 1. The van der Waals surface area contributed by atoms with E-state index in [2.05, 4.69) is 9.98 Å². The van der Waals surface area contributed by atoms with Crippen molar-refractivity contribution in [1.29, 1.82) is 0 Å². The number of carbonyl (C=O) groups excluding carboxylic acids is 1. The summed E-state index contributed by atoms with van der Waals surface area (Å²) in [5.41, 5.74) is 4.47. The van der Waals surface area contributed by atoms with E-state index in [1.54, 1.807) is 0 Å². The second-order valence-electron chi connectivity index (χ2n) is 10.8. The van der Waals surface area contributed by atoms with Crippen molar-refractivity contribution in [1.82, 2.24) is 13.6 Å². The van der Waals surface area contributed by atoms with Gasteiger partial charge >= 0.3 is 0 Å². The van der Waals surface area contributed by atoms with Crippen LogP contribution in [0.4, 0.5) is 8.78 Å². The number of hydrogen-bond acceptors (Lipinski definition) is 8. The molecule has 1 aromatic carbocycles. The lowest BCUT2D eigenvalue weighted by molar-refractivity contribution is 0.0988. The minimum Gasteiger partial charge on any atom is -0.369 e. The minimum atomic E-state index is -4.33. The summed E-state index contributed by atoms with van der Waals surface area (Å²) in [7, 11) is -6.89. The first-order valence-electron chi connectivity index (χ1n) is 13.0. The molecule has 5 rings (SSSR count). The number of sulfonamides is 2. The van der Waals surface area contributed by atoms with E-state index in [0.29, 0.717) is 18.4 Å². The summed E-state index contributed by atoms with van der Waals surface area (Å²) in [5, 5.41) is -0.586. The lowest BCUT2D eigenvalue weighted by Crippen LogP contribution is -2.66. The summed E-state index contributed by atoms with van der Waals surface area (Å²) in [6.45, 7) is 0.975. The number of aromatic nitrogens is 1. The van der Waals surface area contributed by atoms with Crippen LogP contribution in [0.5, 0.6) is 0 Å². The summed E-state index contributed by atoms with van der Waals surface area (Å²) in [6.07, 6.45) is 3.16. The standard InChI is InChI=1S/C26H31F2N5O5S2/c1-25(20-13-17(7-9-21(20)28)14-23(34)22-10-8-18(27)15-30-22)26(40(37,38)32(2)24(29)31-25)11-12-33(16-26)39(35,36)19-5-3-4-6-19/h7-10,13,15,19H,3-6,11-12,14,16H2,1-2H3,(H2,29,31)/t25-,26-/m1/s1. The van der Waals surface area contributed by atoms with Gasteiger partial charge < -0.3 is 5.73 Å². The molecule has 2 N–H and O–H groups in total. The highest BCUT2D eigenvalue weighted by Crippen LogP contribution is 2.52. The predicted molar refractivity (Wildman–Crippen MR) is 144 cm³/mol. The Kier molecular flexibility index (Phi) is 7.02. The number of carbonyl (C=O) groups is 1. The van der Waals surface area contributed by atoms with Crippen LogP contribution in [0.15, 0.2) is 41.5 Å². The number of nitrogens with zero attached hydrogens (tertiary/aromatic N) is 4. The van der Waals surface area contributed by atoms with Crippen LogP contribution in [0.3, 0.4) is 0 Å². The van der Waals surface area contributed by atoms with Crippen molar-refractivity contribution in [2.45, 2.75) is 61.0 Å². The molecule has 3 heterocycles. The van der Waals surface area contributed by atoms with Crippen molar-refractivity contribution in [3.05, 3.63) is 65.0 Å². The van der Waals surface area contributed by atoms with Crippen LogP contribution in [-0.2, 0) is 32.0 Å². The molecule has 0 bridgehead atoms. The van der Waals surface area contributed by atoms with E-state index in [-0.39, 0.29) is 36.6 Å². The van der Waals surface area contributed by atoms with E-state index in [1.165, 1.54) is 36.5 Å². The first kappa shape index (κ1) is 28.6. The molecule has 14 heteroatoms. The molecule has 1 aromatic heterocycles. The number of rotatable bonds is 6. The Balaban J connectivity index is 1.58. The maximum absolute atomic E-state index is 15.6. The number of guanidine groups is 1. The van der Waals surface area contributed by atoms with Gasteiger partial charge in [-0.05, 0) is 56.0 Å². The summed E-state index contributed by atoms with van der Waals surface area (Å²) in [5.74, 6) is -2.18. The van der Waals surface area contributed by atoms with E-state index in [9.17, 15) is 26.0 Å². The Hall–Kier alpha value is -2.97. The summed E-state index contributed by atoms with van der Waals surface area (Å²) in [4.78, 5) is 21.1. The van der Waals surface area contributed by atoms with Crippen LogP contribution in [0.25, 0.3) is 0 Å². The van der Waals surface area contributed by atoms with E-state index < -0.39 is 59.5 Å². The number of ketones is 1. The van der Waals surface area contributed by atoms with Crippen molar-refractivity contribution in [3.63, 3.8) is 0 Å². The first-order valence-corrected chi connectivity index (χ1v) is 15.9. The predicted octanol–water partition coefficient (Wildman–Crippen LogP) is 2.31. The van der Waals surface area contributed by atoms with Crippen molar-refractivity contribution < 1.29 is 30.4 Å². The highest BCUT2D eigenvalue weighted by atomic mass is 32.2. The molecule has 2 aromatic rings. The number of hydrogen-bond donors (Lipinski definition) is 1. The third kappa shape index (κ3) is 4.31. The molecule has 0 amide bonds. The lowest BCUT2D eigenvalue weighted by atomic mass is 9.77. The molecule has 2 atom stereocenters. The highest BCUT2D eigenvalue weighted by Gasteiger charge is 2.67. The minimum absolute atomic E-state index is 0.0163. The summed E-state index contributed by atoms with van der Waals surface area (Å²) >= 11 is 0. The van der Waals surface area contributed by atoms with Gasteiger partial charge in [-0.25, -0.2) is 34.9 Å². The van der Waals surface area contributed by atoms with Crippen molar-refractivity contribution >= 4 is 31.8 Å². The van der Waals surface area contributed by atoms with Gasteiger partial charge in [0.1, 0.15) is 27.6 Å². The third-order valence-corrected chi connectivity index (χ3v) is 13.6. The molecule has 1 aliphatic carbocycles. The van der Waals surface area contributed by atoms with Crippen LogP contribution in [0.1, 0.15) is 60.6 Å². The molecule has 3 aliphatic rings.